The topological polar surface area (TPSA) is 89.2 Å². The molecule has 1 N–H and O–H groups in total. The molecular formula is C14H19N5O3. The number of hydrogen-bond acceptors (Lipinski definition) is 5. The van der Waals surface area contributed by atoms with Gasteiger partial charge < -0.3 is 10.2 Å². The minimum absolute atomic E-state index is 0.222. The summed E-state index contributed by atoms with van der Waals surface area (Å²) in [4.78, 5) is 42.0. The van der Waals surface area contributed by atoms with E-state index in [0.29, 0.717) is 18.7 Å². The van der Waals surface area contributed by atoms with Crippen molar-refractivity contribution in [3.63, 3.8) is 0 Å². The van der Waals surface area contributed by atoms with E-state index >= 15 is 0 Å². The first-order chi connectivity index (χ1) is 10.4. The Morgan fingerprint density at radius 1 is 1.32 bits per heavy atom. The van der Waals surface area contributed by atoms with E-state index in [4.69, 9.17) is 0 Å². The van der Waals surface area contributed by atoms with Crippen LogP contribution < -0.4 is 16.6 Å². The van der Waals surface area contributed by atoms with Gasteiger partial charge in [0.2, 0.25) is 0 Å². The summed E-state index contributed by atoms with van der Waals surface area (Å²) >= 11 is 0. The number of fused-ring (bicyclic) bond motifs is 1. The lowest BCUT2D eigenvalue weighted by Gasteiger charge is -2.17. The van der Waals surface area contributed by atoms with Crippen molar-refractivity contribution in [3.05, 3.63) is 38.7 Å². The highest BCUT2D eigenvalue weighted by atomic mass is 16.2. The summed E-state index contributed by atoms with van der Waals surface area (Å²) in [6, 6.07) is 1.49. The molecule has 0 spiro atoms. The molecule has 2 aromatic rings. The summed E-state index contributed by atoms with van der Waals surface area (Å²) in [5, 5.41) is 3.21. The van der Waals surface area contributed by atoms with Gasteiger partial charge in [0.05, 0.1) is 10.9 Å². The predicted molar refractivity (Wildman–Crippen MR) is 83.1 cm³/mol. The highest BCUT2D eigenvalue weighted by molar-refractivity contribution is 5.96. The fourth-order valence-corrected chi connectivity index (χ4v) is 2.18. The molecule has 2 aromatic heterocycles. The standard InChI is InChI=1S/C14H19N5O3/c1-15-5-6-17(2)12(20)9-7-10-11(16-8-9)18(3)14(22)19(4)13(10)21/h7-8,15H,5-6H2,1-4H3. The first-order valence-corrected chi connectivity index (χ1v) is 6.84. The van der Waals surface area contributed by atoms with Crippen LogP contribution in [0, 0.1) is 0 Å². The number of nitrogens with zero attached hydrogens (tertiary/aromatic N) is 4. The van der Waals surface area contributed by atoms with Gasteiger partial charge in [-0.05, 0) is 13.1 Å². The number of carbonyl (C=O) groups excluding carboxylic acids is 1. The second-order valence-corrected chi connectivity index (χ2v) is 5.13. The molecule has 1 amide bonds. The van der Waals surface area contributed by atoms with Crippen LogP contribution in [0.5, 0.6) is 0 Å². The number of carbonyl (C=O) groups is 1. The third-order valence-corrected chi connectivity index (χ3v) is 3.58. The molecule has 0 aliphatic rings. The van der Waals surface area contributed by atoms with Crippen molar-refractivity contribution in [2.75, 3.05) is 27.2 Å². The first-order valence-electron chi connectivity index (χ1n) is 6.84. The average molecular weight is 305 g/mol. The lowest BCUT2D eigenvalue weighted by Crippen LogP contribution is -2.37. The number of amides is 1. The smallest absolute Gasteiger partial charge is 0.332 e. The van der Waals surface area contributed by atoms with E-state index in [2.05, 4.69) is 10.3 Å². The second-order valence-electron chi connectivity index (χ2n) is 5.13. The maximum atomic E-state index is 12.3. The fraction of sp³-hybridized carbons (Fsp3) is 0.429. The summed E-state index contributed by atoms with van der Waals surface area (Å²) in [6.45, 7) is 1.21. The van der Waals surface area contributed by atoms with E-state index in [1.165, 1.54) is 30.9 Å². The van der Waals surface area contributed by atoms with Crippen LogP contribution in [0.25, 0.3) is 11.0 Å². The van der Waals surface area contributed by atoms with Crippen molar-refractivity contribution in [2.24, 2.45) is 14.1 Å². The van der Waals surface area contributed by atoms with Gasteiger partial charge in [-0.1, -0.05) is 0 Å². The van der Waals surface area contributed by atoms with Crippen molar-refractivity contribution in [1.29, 1.82) is 0 Å². The zero-order valence-electron chi connectivity index (χ0n) is 13.1. The molecule has 22 heavy (non-hydrogen) atoms. The van der Waals surface area contributed by atoms with E-state index < -0.39 is 11.2 Å². The number of aromatic nitrogens is 3. The zero-order valence-corrected chi connectivity index (χ0v) is 13.1. The SMILES string of the molecule is CNCCN(C)C(=O)c1cnc2c(c1)c(=O)n(C)c(=O)n2C. The molecule has 0 fully saturated rings. The molecule has 0 bridgehead atoms. The number of hydrogen-bond donors (Lipinski definition) is 1. The van der Waals surface area contributed by atoms with Gasteiger partial charge in [-0.25, -0.2) is 9.78 Å². The van der Waals surface area contributed by atoms with Crippen LogP contribution >= 0.6 is 0 Å². The molecule has 0 aliphatic carbocycles. The maximum absolute atomic E-state index is 12.3. The summed E-state index contributed by atoms with van der Waals surface area (Å²) in [7, 11) is 6.43. The molecule has 0 radical (unpaired) electrons. The monoisotopic (exact) mass is 305 g/mol. The van der Waals surface area contributed by atoms with Gasteiger partial charge in [0.25, 0.3) is 11.5 Å². The zero-order chi connectivity index (χ0) is 16.4. The van der Waals surface area contributed by atoms with Crippen LogP contribution in [0.1, 0.15) is 10.4 Å². The second kappa shape index (κ2) is 6.10. The minimum atomic E-state index is -0.460. The van der Waals surface area contributed by atoms with Gasteiger partial charge in [0.15, 0.2) is 0 Å². The Bertz CT molecular complexity index is 837. The molecule has 2 rings (SSSR count). The van der Waals surface area contributed by atoms with E-state index in [0.717, 1.165) is 4.57 Å². The Morgan fingerprint density at radius 2 is 2.00 bits per heavy atom. The quantitative estimate of drug-likeness (QED) is 0.776. The number of aryl methyl sites for hydroxylation is 1. The van der Waals surface area contributed by atoms with Crippen molar-refractivity contribution >= 4 is 16.9 Å². The van der Waals surface area contributed by atoms with Gasteiger partial charge in [-0.3, -0.25) is 18.7 Å². The summed E-state index contributed by atoms with van der Waals surface area (Å²) in [6.07, 6.45) is 1.39. The highest BCUT2D eigenvalue weighted by Crippen LogP contribution is 2.09. The van der Waals surface area contributed by atoms with Crippen LogP contribution in [0.3, 0.4) is 0 Å². The summed E-state index contributed by atoms with van der Waals surface area (Å²) in [5.74, 6) is -0.222. The molecule has 8 heteroatoms. The van der Waals surface area contributed by atoms with Crippen molar-refractivity contribution in [3.8, 4) is 0 Å². The highest BCUT2D eigenvalue weighted by Gasteiger charge is 2.15. The largest absolute Gasteiger partial charge is 0.340 e. The van der Waals surface area contributed by atoms with Crippen LogP contribution in [-0.2, 0) is 14.1 Å². The van der Waals surface area contributed by atoms with E-state index in [9.17, 15) is 14.4 Å². The molecular weight excluding hydrogens is 286 g/mol. The van der Waals surface area contributed by atoms with Crippen molar-refractivity contribution < 1.29 is 4.79 Å². The molecule has 0 atom stereocenters. The van der Waals surface area contributed by atoms with Gasteiger partial charge in [-0.15, -0.1) is 0 Å². The van der Waals surface area contributed by atoms with Crippen LogP contribution in [-0.4, -0.2) is 52.1 Å². The molecule has 118 valence electrons. The maximum Gasteiger partial charge on any atom is 0.332 e. The normalized spacial score (nSPS) is 10.9. The number of rotatable bonds is 4. The number of likely N-dealkylation sites (N-methyl/N-ethyl adjacent to an activating group) is 2. The summed E-state index contributed by atoms with van der Waals surface area (Å²) in [5.41, 5.74) is -0.322. The minimum Gasteiger partial charge on any atom is -0.340 e. The van der Waals surface area contributed by atoms with Gasteiger partial charge in [0.1, 0.15) is 5.65 Å². The van der Waals surface area contributed by atoms with Gasteiger partial charge in [0, 0.05) is 40.4 Å². The Labute approximate surface area is 127 Å². The van der Waals surface area contributed by atoms with Crippen LogP contribution in [0.4, 0.5) is 0 Å². The Hall–Kier alpha value is -2.48. The van der Waals surface area contributed by atoms with Crippen molar-refractivity contribution in [1.82, 2.24) is 24.3 Å². The molecule has 0 aromatic carbocycles. The van der Waals surface area contributed by atoms with E-state index in [1.54, 1.807) is 19.0 Å². The molecule has 0 unspecified atom stereocenters. The lowest BCUT2D eigenvalue weighted by atomic mass is 10.2. The Morgan fingerprint density at radius 3 is 2.64 bits per heavy atom. The molecule has 0 saturated heterocycles. The van der Waals surface area contributed by atoms with Gasteiger partial charge >= 0.3 is 5.69 Å². The fourth-order valence-electron chi connectivity index (χ4n) is 2.18. The van der Waals surface area contributed by atoms with Crippen LogP contribution in [0.15, 0.2) is 21.9 Å². The Kier molecular flexibility index (Phi) is 4.41. The predicted octanol–water partition coefficient (Wildman–Crippen LogP) is -1.08. The van der Waals surface area contributed by atoms with Gasteiger partial charge in [-0.2, -0.15) is 0 Å². The third kappa shape index (κ3) is 2.64. The summed E-state index contributed by atoms with van der Waals surface area (Å²) < 4.78 is 2.29. The molecule has 2 heterocycles. The van der Waals surface area contributed by atoms with Crippen molar-refractivity contribution in [2.45, 2.75) is 0 Å². The average Bonchev–Trinajstić information content (AvgIpc) is 2.54. The molecule has 8 nitrogen and oxygen atoms in total. The third-order valence-electron chi connectivity index (χ3n) is 3.58. The van der Waals surface area contributed by atoms with E-state index in [-0.39, 0.29) is 16.9 Å². The Balaban J connectivity index is 2.54. The molecule has 0 saturated carbocycles. The number of pyridine rings is 1. The van der Waals surface area contributed by atoms with E-state index in [1.807, 2.05) is 0 Å². The lowest BCUT2D eigenvalue weighted by molar-refractivity contribution is 0.0796. The first kappa shape index (κ1) is 15.9. The molecule has 0 aliphatic heterocycles. The number of nitrogens with one attached hydrogen (secondary N) is 1. The van der Waals surface area contributed by atoms with Crippen LogP contribution in [0.2, 0.25) is 0 Å².